The van der Waals surface area contributed by atoms with Gasteiger partial charge in [0.05, 0.1) is 18.9 Å². The highest BCUT2D eigenvalue weighted by atomic mass is 19.1. The van der Waals surface area contributed by atoms with Crippen molar-refractivity contribution in [3.8, 4) is 5.75 Å². The van der Waals surface area contributed by atoms with Gasteiger partial charge in [0.25, 0.3) is 0 Å². The second kappa shape index (κ2) is 15.9. The van der Waals surface area contributed by atoms with Crippen molar-refractivity contribution in [2.45, 2.75) is 84.3 Å². The molecular weight excluding hydrogens is 523 g/mol. The van der Waals surface area contributed by atoms with Crippen molar-refractivity contribution in [1.29, 1.82) is 0 Å². The number of anilines is 2. The maximum absolute atomic E-state index is 14.9. The summed E-state index contributed by atoms with van der Waals surface area (Å²) in [4.78, 5) is 21.4. The zero-order valence-electron chi connectivity index (χ0n) is 25.7. The Bertz CT molecular complexity index is 1130. The van der Waals surface area contributed by atoms with Gasteiger partial charge in [-0.05, 0) is 81.3 Å². The Balaban J connectivity index is 1.49. The summed E-state index contributed by atoms with van der Waals surface area (Å²) < 4.78 is 26.3. The van der Waals surface area contributed by atoms with E-state index in [1.807, 2.05) is 32.6 Å². The molecule has 0 amide bonds. The molecule has 41 heavy (non-hydrogen) atoms. The predicted molar refractivity (Wildman–Crippen MR) is 163 cm³/mol. The lowest BCUT2D eigenvalue weighted by Gasteiger charge is -2.31. The van der Waals surface area contributed by atoms with E-state index < -0.39 is 17.8 Å². The van der Waals surface area contributed by atoms with Crippen LogP contribution in [0.3, 0.4) is 0 Å². The van der Waals surface area contributed by atoms with Crippen LogP contribution in [-0.2, 0) is 16.0 Å². The number of hydrogen-bond acceptors (Lipinski definition) is 7. The van der Waals surface area contributed by atoms with Gasteiger partial charge in [0.2, 0.25) is 0 Å². The minimum Gasteiger partial charge on any atom is -0.493 e. The zero-order valence-corrected chi connectivity index (χ0v) is 25.7. The standard InChI is InChI=1S/C32H49FN4O4/c1-7-16-37(29(32(38)39)26-20-24(22(2)3)21-27(33)30(26)40-6)17-14-23(4)41-19-10-8-9-11-25-12-13-28-31(35-25)34-15-18-36(28)5/h12-13,20-23,29H,7-11,14-19H2,1-6H3,(H,34,35)(H,38,39). The van der Waals surface area contributed by atoms with E-state index in [0.717, 1.165) is 68.0 Å². The fourth-order valence-corrected chi connectivity index (χ4v) is 5.36. The Morgan fingerprint density at radius 2 is 1.98 bits per heavy atom. The van der Waals surface area contributed by atoms with Crippen LogP contribution in [0.4, 0.5) is 15.9 Å². The van der Waals surface area contributed by atoms with Crippen LogP contribution in [0.5, 0.6) is 5.75 Å². The van der Waals surface area contributed by atoms with Crippen LogP contribution in [0.15, 0.2) is 24.3 Å². The predicted octanol–water partition coefficient (Wildman–Crippen LogP) is 6.26. The number of methoxy groups -OCH3 is 1. The summed E-state index contributed by atoms with van der Waals surface area (Å²) in [6.45, 7) is 11.6. The number of halogens is 1. The first kappa shape index (κ1) is 32.6. The molecule has 0 saturated heterocycles. The lowest BCUT2D eigenvalue weighted by molar-refractivity contribution is -0.144. The molecule has 2 unspecified atom stereocenters. The number of aryl methyl sites for hydroxylation is 1. The van der Waals surface area contributed by atoms with Gasteiger partial charge in [0.15, 0.2) is 11.6 Å². The van der Waals surface area contributed by atoms with Gasteiger partial charge in [-0.2, -0.15) is 0 Å². The number of nitrogens with zero attached hydrogens (tertiary/aromatic N) is 3. The molecule has 2 heterocycles. The molecule has 1 aliphatic rings. The number of fused-ring (bicyclic) bond motifs is 1. The Kier molecular flexibility index (Phi) is 12.7. The topological polar surface area (TPSA) is 87.2 Å². The van der Waals surface area contributed by atoms with E-state index in [1.165, 1.54) is 13.2 Å². The first-order valence-corrected chi connectivity index (χ1v) is 15.1. The fourth-order valence-electron chi connectivity index (χ4n) is 5.36. The van der Waals surface area contributed by atoms with Gasteiger partial charge in [-0.15, -0.1) is 0 Å². The van der Waals surface area contributed by atoms with Crippen molar-refractivity contribution in [2.75, 3.05) is 57.2 Å². The fraction of sp³-hybridized carbons (Fsp3) is 0.625. The molecule has 1 aliphatic heterocycles. The maximum Gasteiger partial charge on any atom is 0.325 e. The monoisotopic (exact) mass is 572 g/mol. The summed E-state index contributed by atoms with van der Waals surface area (Å²) >= 11 is 0. The quantitative estimate of drug-likeness (QED) is 0.215. The first-order valence-electron chi connectivity index (χ1n) is 15.1. The van der Waals surface area contributed by atoms with E-state index in [0.29, 0.717) is 31.7 Å². The van der Waals surface area contributed by atoms with Crippen LogP contribution < -0.4 is 15.0 Å². The molecule has 3 rings (SSSR count). The molecule has 0 spiro atoms. The summed E-state index contributed by atoms with van der Waals surface area (Å²) in [6, 6.07) is 6.49. The van der Waals surface area contributed by atoms with Crippen molar-refractivity contribution >= 4 is 17.5 Å². The van der Waals surface area contributed by atoms with E-state index >= 15 is 0 Å². The van der Waals surface area contributed by atoms with Crippen LogP contribution in [0.25, 0.3) is 0 Å². The largest absolute Gasteiger partial charge is 0.493 e. The molecule has 0 fully saturated rings. The minimum absolute atomic E-state index is 0.00129. The number of rotatable bonds is 17. The van der Waals surface area contributed by atoms with E-state index in [4.69, 9.17) is 14.5 Å². The van der Waals surface area contributed by atoms with Gasteiger partial charge in [-0.3, -0.25) is 9.69 Å². The van der Waals surface area contributed by atoms with Gasteiger partial charge in [0, 0.05) is 44.5 Å². The summed E-state index contributed by atoms with van der Waals surface area (Å²) in [5.74, 6) is -0.500. The van der Waals surface area contributed by atoms with Crippen LogP contribution in [-0.4, -0.2) is 74.0 Å². The normalized spacial score (nSPS) is 14.6. The third-order valence-corrected chi connectivity index (χ3v) is 7.75. The van der Waals surface area contributed by atoms with E-state index in [-0.39, 0.29) is 17.8 Å². The van der Waals surface area contributed by atoms with Crippen LogP contribution in [0.1, 0.15) is 88.6 Å². The number of unbranched alkanes of at least 4 members (excludes halogenated alkanes) is 2. The second-order valence-electron chi connectivity index (χ2n) is 11.4. The highest BCUT2D eigenvalue weighted by Crippen LogP contribution is 2.35. The smallest absolute Gasteiger partial charge is 0.325 e. The molecule has 2 N–H and O–H groups in total. The van der Waals surface area contributed by atoms with Gasteiger partial charge >= 0.3 is 5.97 Å². The molecule has 2 atom stereocenters. The summed E-state index contributed by atoms with van der Waals surface area (Å²) in [5.41, 5.74) is 3.39. The highest BCUT2D eigenvalue weighted by molar-refractivity contribution is 5.77. The Morgan fingerprint density at radius 3 is 2.66 bits per heavy atom. The van der Waals surface area contributed by atoms with Gasteiger partial charge in [-0.1, -0.05) is 27.2 Å². The Hall–Kier alpha value is -2.91. The Morgan fingerprint density at radius 1 is 1.20 bits per heavy atom. The number of hydrogen-bond donors (Lipinski definition) is 2. The average molecular weight is 573 g/mol. The van der Waals surface area contributed by atoms with Crippen LogP contribution in [0.2, 0.25) is 0 Å². The van der Waals surface area contributed by atoms with E-state index in [1.54, 1.807) is 6.07 Å². The number of likely N-dealkylation sites (N-methyl/N-ethyl adjacent to an activating group) is 1. The number of carbonyl (C=O) groups is 1. The van der Waals surface area contributed by atoms with Crippen LogP contribution >= 0.6 is 0 Å². The lowest BCUT2D eigenvalue weighted by atomic mass is 9.95. The van der Waals surface area contributed by atoms with E-state index in [9.17, 15) is 14.3 Å². The van der Waals surface area contributed by atoms with E-state index in [2.05, 4.69) is 29.4 Å². The molecule has 1 aromatic carbocycles. The van der Waals surface area contributed by atoms with Gasteiger partial charge in [0.1, 0.15) is 11.9 Å². The minimum atomic E-state index is -1.01. The third-order valence-electron chi connectivity index (χ3n) is 7.75. The summed E-state index contributed by atoms with van der Waals surface area (Å²) in [6.07, 6.45) is 5.45. The Labute approximate surface area is 245 Å². The number of nitrogens with one attached hydrogen (secondary N) is 1. The van der Waals surface area contributed by atoms with Crippen molar-refractivity contribution in [3.63, 3.8) is 0 Å². The van der Waals surface area contributed by atoms with Gasteiger partial charge in [-0.25, -0.2) is 9.37 Å². The zero-order chi connectivity index (χ0) is 29.9. The average Bonchev–Trinajstić information content (AvgIpc) is 2.93. The van der Waals surface area contributed by atoms with Crippen molar-refractivity contribution in [3.05, 3.63) is 46.9 Å². The van der Waals surface area contributed by atoms with Crippen molar-refractivity contribution in [2.24, 2.45) is 0 Å². The SMILES string of the molecule is CCCN(CCC(C)OCCCCCc1ccc2c(n1)NCCN2C)C(C(=O)O)c1cc(C(C)C)cc(F)c1OC. The molecule has 0 radical (unpaired) electrons. The molecule has 0 bridgehead atoms. The number of aromatic nitrogens is 1. The molecule has 228 valence electrons. The lowest BCUT2D eigenvalue weighted by Crippen LogP contribution is -2.37. The summed E-state index contributed by atoms with van der Waals surface area (Å²) in [5, 5.41) is 13.6. The highest BCUT2D eigenvalue weighted by Gasteiger charge is 2.32. The number of benzene rings is 1. The summed E-state index contributed by atoms with van der Waals surface area (Å²) in [7, 11) is 3.48. The first-order chi connectivity index (χ1) is 19.7. The molecule has 8 nitrogen and oxygen atoms in total. The number of ether oxygens (including phenoxy) is 2. The third kappa shape index (κ3) is 9.04. The molecule has 2 aromatic rings. The number of carboxylic acid groups (broad SMARTS) is 1. The molecule has 1 aromatic heterocycles. The molecule has 0 aliphatic carbocycles. The van der Waals surface area contributed by atoms with Crippen LogP contribution in [0, 0.1) is 5.82 Å². The number of aliphatic carboxylic acids is 1. The molecule has 9 heteroatoms. The molecule has 0 saturated carbocycles. The maximum atomic E-state index is 14.9. The van der Waals surface area contributed by atoms with Crippen molar-refractivity contribution < 1.29 is 23.8 Å². The van der Waals surface area contributed by atoms with Gasteiger partial charge < -0.3 is 24.8 Å². The number of carboxylic acids is 1. The second-order valence-corrected chi connectivity index (χ2v) is 11.4. The number of pyridine rings is 1. The van der Waals surface area contributed by atoms with Crippen molar-refractivity contribution in [1.82, 2.24) is 9.88 Å². The molecular formula is C32H49FN4O4.